The number of hydrogen-bond acceptors (Lipinski definition) is 7. The SMILES string of the molecule is Cc1ccc(N)cc1O.Nc1ccccc1O.Oc1cccc(O)c1.Oc1cccc2ccccc12. The highest BCUT2D eigenvalue weighted by molar-refractivity contribution is 5.87. The maximum atomic E-state index is 9.37. The molecule has 0 atom stereocenters. The molecule has 0 unspecified atom stereocenters. The molecule has 0 aliphatic rings. The highest BCUT2D eigenvalue weighted by Gasteiger charge is 1.95. The molecule has 186 valence electrons. The average Bonchev–Trinajstić information content (AvgIpc) is 2.85. The highest BCUT2D eigenvalue weighted by atomic mass is 16.3. The summed E-state index contributed by atoms with van der Waals surface area (Å²) in [5.74, 6) is 0.931. The number of phenolic OH excluding ortho intramolecular Hbond substituents is 5. The largest absolute Gasteiger partial charge is 0.508 e. The molecule has 0 saturated carbocycles. The summed E-state index contributed by atoms with van der Waals surface area (Å²) in [6.07, 6.45) is 0. The van der Waals surface area contributed by atoms with Gasteiger partial charge in [0.2, 0.25) is 0 Å². The van der Waals surface area contributed by atoms with E-state index in [0.717, 1.165) is 16.3 Å². The van der Waals surface area contributed by atoms with E-state index in [1.807, 2.05) is 43.3 Å². The summed E-state index contributed by atoms with van der Waals surface area (Å²) in [7, 11) is 0. The molecule has 0 radical (unpaired) electrons. The maximum absolute atomic E-state index is 9.37. The van der Waals surface area contributed by atoms with Gasteiger partial charge in [0.15, 0.2) is 0 Å². The van der Waals surface area contributed by atoms with Crippen LogP contribution < -0.4 is 11.5 Å². The van der Waals surface area contributed by atoms with Crippen molar-refractivity contribution in [1.29, 1.82) is 0 Å². The fraction of sp³-hybridized carbons (Fsp3) is 0.0345. The van der Waals surface area contributed by atoms with Crippen LogP contribution in [0.5, 0.6) is 28.7 Å². The molecular weight excluding hydrogens is 456 g/mol. The van der Waals surface area contributed by atoms with Gasteiger partial charge in [-0.2, -0.15) is 0 Å². The lowest BCUT2D eigenvalue weighted by Crippen LogP contribution is -1.83. The topological polar surface area (TPSA) is 153 Å². The summed E-state index contributed by atoms with van der Waals surface area (Å²) < 4.78 is 0. The average molecular weight is 487 g/mol. The smallest absolute Gasteiger partial charge is 0.138 e. The van der Waals surface area contributed by atoms with E-state index in [1.54, 1.807) is 48.5 Å². The molecule has 5 aromatic carbocycles. The minimum absolute atomic E-state index is 0.0880. The van der Waals surface area contributed by atoms with Crippen molar-refractivity contribution in [3.8, 4) is 28.7 Å². The van der Waals surface area contributed by atoms with E-state index in [4.69, 9.17) is 31.9 Å². The van der Waals surface area contributed by atoms with Gasteiger partial charge < -0.3 is 37.0 Å². The predicted octanol–water partition coefficient (Wildman–Crippen LogP) is 5.90. The number of aromatic hydroxyl groups is 5. The molecule has 0 heterocycles. The van der Waals surface area contributed by atoms with Gasteiger partial charge in [-0.1, -0.05) is 60.7 Å². The van der Waals surface area contributed by atoms with Crippen LogP contribution in [0.25, 0.3) is 10.8 Å². The zero-order chi connectivity index (χ0) is 26.5. The summed E-state index contributed by atoms with van der Waals surface area (Å²) in [4.78, 5) is 0. The molecule has 0 aliphatic carbocycles. The Morgan fingerprint density at radius 2 is 1.06 bits per heavy atom. The van der Waals surface area contributed by atoms with Gasteiger partial charge in [-0.25, -0.2) is 0 Å². The number of benzene rings is 5. The van der Waals surface area contributed by atoms with Crippen LogP contribution in [-0.4, -0.2) is 25.5 Å². The van der Waals surface area contributed by atoms with E-state index in [0.29, 0.717) is 17.1 Å². The molecule has 0 fully saturated rings. The van der Waals surface area contributed by atoms with Crippen molar-refractivity contribution >= 4 is 22.1 Å². The lowest BCUT2D eigenvalue weighted by Gasteiger charge is -1.97. The molecular formula is C29H30N2O5. The number of para-hydroxylation sites is 2. The molecule has 0 amide bonds. The Morgan fingerprint density at radius 3 is 1.56 bits per heavy atom. The minimum Gasteiger partial charge on any atom is -0.508 e. The van der Waals surface area contributed by atoms with Crippen LogP contribution in [-0.2, 0) is 0 Å². The fourth-order valence-electron chi connectivity index (χ4n) is 2.82. The number of fused-ring (bicyclic) bond motifs is 1. The lowest BCUT2D eigenvalue weighted by molar-refractivity contribution is 0.450. The van der Waals surface area contributed by atoms with Gasteiger partial charge in [-0.15, -0.1) is 0 Å². The van der Waals surface area contributed by atoms with Crippen molar-refractivity contribution in [2.24, 2.45) is 0 Å². The van der Waals surface area contributed by atoms with Crippen LogP contribution in [0.4, 0.5) is 11.4 Å². The van der Waals surface area contributed by atoms with Gasteiger partial charge in [0, 0.05) is 23.2 Å². The monoisotopic (exact) mass is 486 g/mol. The normalized spacial score (nSPS) is 9.47. The first-order chi connectivity index (χ1) is 17.2. The Kier molecular flexibility index (Phi) is 10.3. The van der Waals surface area contributed by atoms with E-state index in [1.165, 1.54) is 24.3 Å². The van der Waals surface area contributed by atoms with Crippen LogP contribution in [0, 0.1) is 6.92 Å². The number of hydrogen-bond donors (Lipinski definition) is 7. The summed E-state index contributed by atoms with van der Waals surface area (Å²) in [5, 5.41) is 46.5. The number of aryl methyl sites for hydroxylation is 1. The number of phenols is 5. The van der Waals surface area contributed by atoms with Crippen molar-refractivity contribution in [3.63, 3.8) is 0 Å². The zero-order valence-electron chi connectivity index (χ0n) is 19.8. The molecule has 0 bridgehead atoms. The minimum atomic E-state index is 0.0880. The molecule has 7 heteroatoms. The van der Waals surface area contributed by atoms with Crippen molar-refractivity contribution < 1.29 is 25.5 Å². The molecule has 0 saturated heterocycles. The lowest BCUT2D eigenvalue weighted by atomic mass is 10.1. The quantitative estimate of drug-likeness (QED) is 0.106. The van der Waals surface area contributed by atoms with E-state index in [-0.39, 0.29) is 23.0 Å². The number of rotatable bonds is 0. The van der Waals surface area contributed by atoms with E-state index in [9.17, 15) is 5.11 Å². The maximum Gasteiger partial charge on any atom is 0.138 e. The van der Waals surface area contributed by atoms with Crippen molar-refractivity contribution in [2.45, 2.75) is 6.92 Å². The first-order valence-corrected chi connectivity index (χ1v) is 10.9. The first-order valence-electron chi connectivity index (χ1n) is 10.9. The standard InChI is InChI=1S/C10H8O.C7H9NO.C6H7NO.C6H6O2/c11-10-7-3-5-8-4-1-2-6-9(8)10;1-5-2-3-6(8)4-7(5)9;7-5-3-1-2-4-6(5)8;7-5-2-1-3-6(8)4-5/h1-7,11H;2-4,9H,8H2,1H3;1-4,8H,7H2;1-4,7-8H. The second kappa shape index (κ2) is 13.6. The second-order valence-electron chi connectivity index (χ2n) is 7.62. The number of nitrogens with two attached hydrogens (primary N) is 2. The van der Waals surface area contributed by atoms with E-state index in [2.05, 4.69) is 0 Å². The third-order valence-electron chi connectivity index (χ3n) is 4.77. The Hall–Kier alpha value is -5.04. The zero-order valence-corrected chi connectivity index (χ0v) is 19.8. The third kappa shape index (κ3) is 9.07. The number of nitrogen functional groups attached to an aromatic ring is 2. The molecule has 0 aromatic heterocycles. The molecule has 0 aliphatic heterocycles. The van der Waals surface area contributed by atoms with Gasteiger partial charge in [-0.05, 0) is 54.3 Å². The molecule has 36 heavy (non-hydrogen) atoms. The summed E-state index contributed by atoms with van der Waals surface area (Å²) in [6, 6.07) is 30.9. The Labute approximate surface area is 209 Å². The molecule has 9 N–H and O–H groups in total. The fourth-order valence-corrected chi connectivity index (χ4v) is 2.82. The Morgan fingerprint density at radius 1 is 0.500 bits per heavy atom. The summed E-state index contributed by atoms with van der Waals surface area (Å²) in [6.45, 7) is 1.83. The number of anilines is 2. The van der Waals surface area contributed by atoms with E-state index >= 15 is 0 Å². The first kappa shape index (κ1) is 27.2. The van der Waals surface area contributed by atoms with Gasteiger partial charge >= 0.3 is 0 Å². The summed E-state index contributed by atoms with van der Waals surface area (Å²) in [5.41, 5.74) is 12.5. The molecule has 0 spiro atoms. The van der Waals surface area contributed by atoms with Gasteiger partial charge in [0.25, 0.3) is 0 Å². The highest BCUT2D eigenvalue weighted by Crippen LogP contribution is 2.23. The van der Waals surface area contributed by atoms with Crippen molar-refractivity contribution in [3.05, 3.63) is 115 Å². The van der Waals surface area contributed by atoms with Gasteiger partial charge in [-0.3, -0.25) is 0 Å². The van der Waals surface area contributed by atoms with Crippen LogP contribution in [0.15, 0.2) is 109 Å². The molecule has 7 nitrogen and oxygen atoms in total. The second-order valence-corrected chi connectivity index (χ2v) is 7.62. The summed E-state index contributed by atoms with van der Waals surface area (Å²) >= 11 is 0. The van der Waals surface area contributed by atoms with Gasteiger partial charge in [0.1, 0.15) is 28.7 Å². The van der Waals surface area contributed by atoms with Crippen LogP contribution in [0.1, 0.15) is 5.56 Å². The van der Waals surface area contributed by atoms with Gasteiger partial charge in [0.05, 0.1) is 5.69 Å². The van der Waals surface area contributed by atoms with Crippen LogP contribution in [0.2, 0.25) is 0 Å². The van der Waals surface area contributed by atoms with Crippen molar-refractivity contribution in [2.75, 3.05) is 11.5 Å². The van der Waals surface area contributed by atoms with Crippen LogP contribution >= 0.6 is 0 Å². The Balaban J connectivity index is 0.000000171. The molecule has 5 aromatic rings. The van der Waals surface area contributed by atoms with Crippen molar-refractivity contribution in [1.82, 2.24) is 0 Å². The molecule has 5 rings (SSSR count). The predicted molar refractivity (Wildman–Crippen MR) is 145 cm³/mol. The third-order valence-corrected chi connectivity index (χ3v) is 4.77. The Bertz CT molecular complexity index is 1350. The van der Waals surface area contributed by atoms with E-state index < -0.39 is 0 Å². The van der Waals surface area contributed by atoms with Crippen LogP contribution in [0.3, 0.4) is 0 Å².